The number of nitrogens with one attached hydrogen (secondary N) is 2. The van der Waals surface area contributed by atoms with Crippen molar-refractivity contribution in [2.24, 2.45) is 11.3 Å². The molecule has 7 heterocycles. The van der Waals surface area contributed by atoms with E-state index in [0.29, 0.717) is 30.6 Å². The van der Waals surface area contributed by atoms with Crippen molar-refractivity contribution < 1.29 is 27.3 Å². The molecule has 14 heteroatoms. The normalized spacial score (nSPS) is 30.1. The zero-order chi connectivity index (χ0) is 38.8. The fourth-order valence-electron chi connectivity index (χ4n) is 11.0. The summed E-state index contributed by atoms with van der Waals surface area (Å²) in [5.74, 6) is 0.274. The number of aromatic nitrogens is 3. The van der Waals surface area contributed by atoms with Crippen LogP contribution in [0.3, 0.4) is 0 Å². The van der Waals surface area contributed by atoms with Gasteiger partial charge in [0.15, 0.2) is 15.1 Å². The van der Waals surface area contributed by atoms with Gasteiger partial charge in [-0.1, -0.05) is 35.6 Å². The number of fused-ring (bicyclic) bond motifs is 5. The standard InChI is InChI=1S/C42H50N6O6S2/c1-26-38(55-40(44-26)45-27(2)49)56(52,53)54-34-13-9-12-30-31-16-19-43-36(37(31)46-35(30)34)32-24-42(51)18-7-5-3-4-6-8-20-47-22-17-33(32)41(25-47)23-28-14-15-29(50)11-10-21-48(28)39(41)42/h3,5,9,12-13,16,19,24,28,33,39,46,51H,4,6-8,10-11,14-15,17-18,20-23,25H2,1-2H3,(H,44,45,49). The molecule has 56 heavy (non-hydrogen) atoms. The number of piperidine rings is 1. The number of rotatable bonds is 5. The number of hydrogen-bond donors (Lipinski definition) is 3. The van der Waals surface area contributed by atoms with Crippen molar-refractivity contribution >= 4 is 65.7 Å². The number of para-hydroxylation sites is 1. The second kappa shape index (κ2) is 14.5. The molecule has 3 N–H and O–H groups in total. The van der Waals surface area contributed by atoms with Gasteiger partial charge in [0.05, 0.1) is 28.0 Å². The Morgan fingerprint density at radius 1 is 1.05 bits per heavy atom. The highest BCUT2D eigenvalue weighted by molar-refractivity contribution is 7.89. The number of benzene rings is 1. The van der Waals surface area contributed by atoms with Crippen LogP contribution in [0.1, 0.15) is 88.9 Å². The first-order valence-electron chi connectivity index (χ1n) is 20.1. The number of pyridine rings is 1. The van der Waals surface area contributed by atoms with E-state index in [1.54, 1.807) is 19.1 Å². The van der Waals surface area contributed by atoms with Crippen molar-refractivity contribution in [1.82, 2.24) is 24.8 Å². The number of thiazole rings is 1. The maximum atomic E-state index is 13.7. The van der Waals surface area contributed by atoms with Gasteiger partial charge in [-0.05, 0) is 114 Å². The molecule has 3 bridgehead atoms. The van der Waals surface area contributed by atoms with Crippen LogP contribution in [0.15, 0.2) is 52.9 Å². The second-order valence-corrected chi connectivity index (χ2v) is 19.4. The third-order valence-electron chi connectivity index (χ3n) is 13.0. The third kappa shape index (κ3) is 6.51. The molecule has 6 atom stereocenters. The Morgan fingerprint density at radius 2 is 1.89 bits per heavy atom. The van der Waals surface area contributed by atoms with Gasteiger partial charge in [-0.25, -0.2) is 4.98 Å². The molecule has 296 valence electrons. The van der Waals surface area contributed by atoms with E-state index in [4.69, 9.17) is 9.17 Å². The summed E-state index contributed by atoms with van der Waals surface area (Å²) < 4.78 is 33.2. The number of H-pyrrole nitrogens is 1. The van der Waals surface area contributed by atoms with Gasteiger partial charge in [-0.15, -0.1) is 0 Å². The average Bonchev–Trinajstić information content (AvgIpc) is 3.82. The summed E-state index contributed by atoms with van der Waals surface area (Å²) in [5, 5.41) is 17.7. The molecule has 1 aromatic carbocycles. The Morgan fingerprint density at radius 3 is 2.75 bits per heavy atom. The summed E-state index contributed by atoms with van der Waals surface area (Å²) in [6.45, 7) is 6.63. The minimum absolute atomic E-state index is 0.0765. The number of aliphatic hydroxyl groups is 1. The molecular formula is C42H50N6O6S2. The second-order valence-electron chi connectivity index (χ2n) is 16.6. The lowest BCUT2D eigenvalue weighted by Crippen LogP contribution is -2.65. The molecule has 4 aliphatic heterocycles. The highest BCUT2D eigenvalue weighted by atomic mass is 32.3. The number of ketones is 1. The Bertz CT molecular complexity index is 2390. The maximum absolute atomic E-state index is 13.7. The fourth-order valence-corrected chi connectivity index (χ4v) is 13.3. The fraction of sp³-hybridized carbons (Fsp3) is 0.524. The van der Waals surface area contributed by atoms with Gasteiger partial charge in [-0.3, -0.25) is 19.5 Å². The molecule has 5 aliphatic rings. The topological polar surface area (TPSA) is 158 Å². The van der Waals surface area contributed by atoms with E-state index >= 15 is 0 Å². The Hall–Kier alpha value is -3.95. The number of aryl methyl sites for hydroxylation is 1. The number of aromatic amines is 1. The molecule has 12 nitrogen and oxygen atoms in total. The largest absolute Gasteiger partial charge is 0.384 e. The van der Waals surface area contributed by atoms with Gasteiger partial charge in [0, 0.05) is 60.8 Å². The zero-order valence-corrected chi connectivity index (χ0v) is 33.7. The van der Waals surface area contributed by atoms with Gasteiger partial charge in [0.25, 0.3) is 0 Å². The van der Waals surface area contributed by atoms with Gasteiger partial charge < -0.3 is 24.5 Å². The summed E-state index contributed by atoms with van der Waals surface area (Å²) in [6, 6.07) is 7.45. The molecule has 3 aromatic heterocycles. The maximum Gasteiger partial charge on any atom is 0.350 e. The first kappa shape index (κ1) is 37.6. The van der Waals surface area contributed by atoms with Gasteiger partial charge in [0.2, 0.25) is 5.91 Å². The van der Waals surface area contributed by atoms with Crippen molar-refractivity contribution in [3.63, 3.8) is 0 Å². The Balaban J connectivity index is 1.17. The van der Waals surface area contributed by atoms with Gasteiger partial charge in [0.1, 0.15) is 5.78 Å². The summed E-state index contributed by atoms with van der Waals surface area (Å²) in [4.78, 5) is 42.5. The average molecular weight is 799 g/mol. The number of anilines is 1. The van der Waals surface area contributed by atoms with Crippen LogP contribution in [-0.2, 0) is 19.7 Å². The molecule has 1 amide bonds. The summed E-state index contributed by atoms with van der Waals surface area (Å²) in [5.41, 5.74) is 1.98. The molecule has 1 aliphatic carbocycles. The van der Waals surface area contributed by atoms with E-state index in [-0.39, 0.29) is 50.1 Å². The lowest BCUT2D eigenvalue weighted by molar-refractivity contribution is -0.121. The molecule has 4 aromatic rings. The van der Waals surface area contributed by atoms with Gasteiger partial charge >= 0.3 is 10.1 Å². The number of hydrogen-bond acceptors (Lipinski definition) is 11. The molecule has 0 radical (unpaired) electrons. The molecule has 3 saturated heterocycles. The number of Topliss-reactive ketones (excluding diaryl/α,β-unsaturated/α-hetero) is 1. The van der Waals surface area contributed by atoms with E-state index in [0.717, 1.165) is 116 Å². The van der Waals surface area contributed by atoms with Crippen LogP contribution in [0.25, 0.3) is 27.4 Å². The number of carbonyl (C=O) groups excluding carboxylic acids is 2. The van der Waals surface area contributed by atoms with E-state index in [1.807, 2.05) is 18.3 Å². The molecule has 0 saturated carbocycles. The summed E-state index contributed by atoms with van der Waals surface area (Å²) in [7, 11) is -4.31. The van der Waals surface area contributed by atoms with E-state index < -0.39 is 15.7 Å². The van der Waals surface area contributed by atoms with Crippen LogP contribution in [0, 0.1) is 18.3 Å². The van der Waals surface area contributed by atoms with Gasteiger partial charge in [-0.2, -0.15) is 8.42 Å². The SMILES string of the molecule is CC(=O)Nc1nc(C)c(S(=O)(=O)Oc2cccc3c2[nH]c2c(C4=CC5(O)CCC=CCCCCN6CCC4C4(CC7CCC(=O)CCCN7C54)C6)nccc23)s1. The lowest BCUT2D eigenvalue weighted by atomic mass is 9.54. The number of allylic oxidation sites excluding steroid dienone is 3. The minimum Gasteiger partial charge on any atom is -0.384 e. The van der Waals surface area contributed by atoms with Crippen molar-refractivity contribution in [2.75, 3.05) is 31.5 Å². The predicted molar refractivity (Wildman–Crippen MR) is 217 cm³/mol. The molecule has 9 rings (SSSR count). The summed E-state index contributed by atoms with van der Waals surface area (Å²) >= 11 is 0.851. The van der Waals surface area contributed by atoms with Crippen molar-refractivity contribution in [2.45, 2.75) is 106 Å². The Kier molecular flexibility index (Phi) is 9.71. The van der Waals surface area contributed by atoms with Crippen LogP contribution in [0.5, 0.6) is 5.75 Å². The van der Waals surface area contributed by atoms with E-state index in [2.05, 4.69) is 43.3 Å². The van der Waals surface area contributed by atoms with Crippen molar-refractivity contribution in [3.8, 4) is 5.75 Å². The van der Waals surface area contributed by atoms with Crippen LogP contribution in [-0.4, -0.2) is 93.8 Å². The predicted octanol–water partition coefficient (Wildman–Crippen LogP) is 6.75. The Labute approximate surface area is 331 Å². The monoisotopic (exact) mass is 798 g/mol. The molecular weight excluding hydrogens is 749 g/mol. The van der Waals surface area contributed by atoms with Crippen LogP contribution in [0.4, 0.5) is 5.13 Å². The minimum atomic E-state index is -4.31. The number of amides is 1. The highest BCUT2D eigenvalue weighted by Gasteiger charge is 2.66. The number of nitrogens with zero attached hydrogens (tertiary/aromatic N) is 4. The first-order chi connectivity index (χ1) is 27.0. The molecule has 6 unspecified atom stereocenters. The highest BCUT2D eigenvalue weighted by Crippen LogP contribution is 2.62. The van der Waals surface area contributed by atoms with Crippen molar-refractivity contribution in [1.29, 1.82) is 0 Å². The van der Waals surface area contributed by atoms with E-state index in [1.165, 1.54) is 6.92 Å². The molecule has 1 spiro atoms. The van der Waals surface area contributed by atoms with Crippen molar-refractivity contribution in [3.05, 3.63) is 60.1 Å². The lowest BCUT2D eigenvalue weighted by Gasteiger charge is -2.58. The molecule has 3 fully saturated rings. The zero-order valence-electron chi connectivity index (χ0n) is 32.1. The smallest absolute Gasteiger partial charge is 0.350 e. The third-order valence-corrected chi connectivity index (χ3v) is 15.9. The van der Waals surface area contributed by atoms with E-state index in [9.17, 15) is 23.1 Å². The van der Waals surface area contributed by atoms with Crippen LogP contribution >= 0.6 is 11.3 Å². The van der Waals surface area contributed by atoms with Crippen LogP contribution in [0.2, 0.25) is 0 Å². The quantitative estimate of drug-likeness (QED) is 0.146. The number of carbonyl (C=O) groups is 2. The van der Waals surface area contributed by atoms with Crippen LogP contribution < -0.4 is 9.50 Å². The first-order valence-corrected chi connectivity index (χ1v) is 22.4. The summed E-state index contributed by atoms with van der Waals surface area (Å²) in [6.07, 6.45) is 17.9.